The minimum Gasteiger partial charge on any atom is -0.350 e. The Morgan fingerprint density at radius 1 is 0.848 bits per heavy atom. The smallest absolute Gasteiger partial charge is 0.254 e. The summed E-state index contributed by atoms with van der Waals surface area (Å²) in [7, 11) is 0. The van der Waals surface area contributed by atoms with Crippen LogP contribution in [0.2, 0.25) is 0 Å². The van der Waals surface area contributed by atoms with Crippen LogP contribution in [0.4, 0.5) is 13.2 Å². The van der Waals surface area contributed by atoms with Crippen LogP contribution < -0.4 is 5.32 Å². The summed E-state index contributed by atoms with van der Waals surface area (Å²) in [6, 6.07) is 14.5. The highest BCUT2D eigenvalue weighted by Crippen LogP contribution is 2.28. The highest BCUT2D eigenvalue weighted by atomic mass is 19.1. The molecule has 0 bridgehead atoms. The monoisotopic (exact) mass is 452 g/mol. The average molecular weight is 452 g/mol. The lowest BCUT2D eigenvalue weighted by atomic mass is 9.95. The van der Waals surface area contributed by atoms with E-state index in [1.165, 1.54) is 66.7 Å². The van der Waals surface area contributed by atoms with Gasteiger partial charge >= 0.3 is 0 Å². The molecule has 170 valence electrons. The Kier molecular flexibility index (Phi) is 6.77. The number of likely N-dealkylation sites (tertiary alicyclic amines) is 1. The summed E-state index contributed by atoms with van der Waals surface area (Å²) >= 11 is 0. The van der Waals surface area contributed by atoms with E-state index in [4.69, 9.17) is 0 Å². The summed E-state index contributed by atoms with van der Waals surface area (Å²) in [6.45, 7) is 0.755. The fourth-order valence-electron chi connectivity index (χ4n) is 4.12. The number of carbonyl (C=O) groups is 2. The van der Waals surface area contributed by atoms with Crippen molar-refractivity contribution in [1.29, 1.82) is 0 Å². The first-order chi connectivity index (χ1) is 15.9. The number of hydrogen-bond acceptors (Lipinski definition) is 2. The van der Waals surface area contributed by atoms with Crippen molar-refractivity contribution in [3.8, 4) is 11.1 Å². The second kappa shape index (κ2) is 9.90. The number of carbonyl (C=O) groups excluding carboxylic acids is 2. The van der Waals surface area contributed by atoms with Crippen molar-refractivity contribution < 1.29 is 22.8 Å². The largest absolute Gasteiger partial charge is 0.350 e. The van der Waals surface area contributed by atoms with E-state index in [-0.39, 0.29) is 24.4 Å². The Morgan fingerprint density at radius 3 is 2.18 bits per heavy atom. The second-order valence-electron chi connectivity index (χ2n) is 8.06. The molecular formula is C26H23F3N2O2. The molecule has 0 radical (unpaired) electrons. The summed E-state index contributed by atoms with van der Waals surface area (Å²) in [5, 5.41) is 2.83. The minimum absolute atomic E-state index is 0.234. The normalized spacial score (nSPS) is 15.8. The van der Waals surface area contributed by atoms with Crippen LogP contribution in [0.15, 0.2) is 66.7 Å². The predicted molar refractivity (Wildman–Crippen MR) is 119 cm³/mol. The van der Waals surface area contributed by atoms with E-state index < -0.39 is 17.5 Å². The standard InChI is InChI=1S/C26H23F3N2O2/c27-19-8-4-17(5-9-19)24-15-21(29)12-13-23(24)26(33)31-14-2-1-3-22(31)16-30-25(32)18-6-10-20(28)11-7-18/h4-13,15,22H,1-3,14,16H2,(H,30,32). The molecule has 4 nitrogen and oxygen atoms in total. The maximum Gasteiger partial charge on any atom is 0.254 e. The van der Waals surface area contributed by atoms with Crippen molar-refractivity contribution in [1.82, 2.24) is 10.2 Å². The molecule has 0 aliphatic carbocycles. The van der Waals surface area contributed by atoms with Gasteiger partial charge in [-0.05, 0) is 85.0 Å². The number of benzene rings is 3. The Hall–Kier alpha value is -3.61. The Bertz CT molecular complexity index is 1150. The van der Waals surface area contributed by atoms with Gasteiger partial charge in [0.05, 0.1) is 0 Å². The average Bonchev–Trinajstić information content (AvgIpc) is 2.83. The third-order valence-electron chi connectivity index (χ3n) is 5.86. The van der Waals surface area contributed by atoms with Crippen molar-refractivity contribution in [2.24, 2.45) is 0 Å². The maximum absolute atomic E-state index is 14.0. The number of hydrogen-bond donors (Lipinski definition) is 1. The molecule has 2 amide bonds. The van der Waals surface area contributed by atoms with E-state index in [2.05, 4.69) is 5.32 Å². The molecule has 1 aliphatic heterocycles. The van der Waals surface area contributed by atoms with E-state index in [1.807, 2.05) is 0 Å². The SMILES string of the molecule is O=C(NCC1CCCCN1C(=O)c1ccc(F)cc1-c1ccc(F)cc1)c1ccc(F)cc1. The molecule has 0 spiro atoms. The molecule has 3 aromatic carbocycles. The van der Waals surface area contributed by atoms with Crippen molar-refractivity contribution in [3.63, 3.8) is 0 Å². The molecule has 0 saturated carbocycles. The van der Waals surface area contributed by atoms with Gasteiger partial charge in [-0.15, -0.1) is 0 Å². The van der Waals surface area contributed by atoms with Crippen LogP contribution in [0.5, 0.6) is 0 Å². The van der Waals surface area contributed by atoms with Gasteiger partial charge < -0.3 is 10.2 Å². The molecule has 7 heteroatoms. The fourth-order valence-corrected chi connectivity index (χ4v) is 4.12. The van der Waals surface area contributed by atoms with Crippen molar-refractivity contribution in [3.05, 3.63) is 95.3 Å². The van der Waals surface area contributed by atoms with Crippen LogP contribution >= 0.6 is 0 Å². The van der Waals surface area contributed by atoms with E-state index in [0.29, 0.717) is 35.2 Å². The molecule has 1 N–H and O–H groups in total. The van der Waals surface area contributed by atoms with Crippen molar-refractivity contribution in [2.45, 2.75) is 25.3 Å². The maximum atomic E-state index is 14.0. The zero-order valence-electron chi connectivity index (χ0n) is 17.9. The van der Waals surface area contributed by atoms with Gasteiger partial charge in [-0.1, -0.05) is 12.1 Å². The fraction of sp³-hybridized carbons (Fsp3) is 0.231. The third-order valence-corrected chi connectivity index (χ3v) is 5.86. The topological polar surface area (TPSA) is 49.4 Å². The summed E-state index contributed by atoms with van der Waals surface area (Å²) in [5.74, 6) is -1.95. The summed E-state index contributed by atoms with van der Waals surface area (Å²) in [6.07, 6.45) is 2.44. The van der Waals surface area contributed by atoms with Crippen LogP contribution in [-0.2, 0) is 0 Å². The van der Waals surface area contributed by atoms with Crippen LogP contribution in [0.1, 0.15) is 40.0 Å². The van der Waals surface area contributed by atoms with E-state index in [1.54, 1.807) is 4.90 Å². The van der Waals surface area contributed by atoms with E-state index >= 15 is 0 Å². The number of amides is 2. The van der Waals surface area contributed by atoms with Crippen molar-refractivity contribution >= 4 is 11.8 Å². The summed E-state index contributed by atoms with van der Waals surface area (Å²) in [4.78, 5) is 27.7. The highest BCUT2D eigenvalue weighted by molar-refractivity contribution is 6.01. The number of nitrogens with zero attached hydrogens (tertiary/aromatic N) is 1. The van der Waals surface area contributed by atoms with Gasteiger partial charge in [0.1, 0.15) is 17.5 Å². The van der Waals surface area contributed by atoms with Crippen LogP contribution in [0.3, 0.4) is 0 Å². The Balaban J connectivity index is 1.54. The minimum atomic E-state index is -0.493. The molecule has 1 saturated heterocycles. The molecular weight excluding hydrogens is 429 g/mol. The molecule has 33 heavy (non-hydrogen) atoms. The van der Waals surface area contributed by atoms with Gasteiger partial charge in [-0.25, -0.2) is 13.2 Å². The van der Waals surface area contributed by atoms with E-state index in [9.17, 15) is 22.8 Å². The molecule has 4 rings (SSSR count). The lowest BCUT2D eigenvalue weighted by Gasteiger charge is -2.36. The molecule has 1 heterocycles. The zero-order chi connectivity index (χ0) is 23.4. The second-order valence-corrected chi connectivity index (χ2v) is 8.06. The van der Waals surface area contributed by atoms with Crippen molar-refractivity contribution in [2.75, 3.05) is 13.1 Å². The number of nitrogens with one attached hydrogen (secondary N) is 1. The quantitative estimate of drug-likeness (QED) is 0.579. The molecule has 1 unspecified atom stereocenters. The van der Waals surface area contributed by atoms with Crippen LogP contribution in [-0.4, -0.2) is 35.8 Å². The predicted octanol–water partition coefficient (Wildman–Crippen LogP) is 5.20. The first kappa shape index (κ1) is 22.6. The van der Waals surface area contributed by atoms with Gasteiger partial charge in [0.15, 0.2) is 0 Å². The lowest BCUT2D eigenvalue weighted by molar-refractivity contribution is 0.0603. The first-order valence-corrected chi connectivity index (χ1v) is 10.8. The molecule has 1 aliphatic rings. The summed E-state index contributed by atoms with van der Waals surface area (Å²) in [5.41, 5.74) is 1.58. The molecule has 1 atom stereocenters. The van der Waals surface area contributed by atoms with Gasteiger partial charge in [0, 0.05) is 30.3 Å². The first-order valence-electron chi connectivity index (χ1n) is 10.8. The van der Waals surface area contributed by atoms with Gasteiger partial charge in [-0.3, -0.25) is 9.59 Å². The zero-order valence-corrected chi connectivity index (χ0v) is 17.9. The Labute approximate surface area is 190 Å². The highest BCUT2D eigenvalue weighted by Gasteiger charge is 2.29. The number of halogens is 3. The molecule has 1 fully saturated rings. The van der Waals surface area contributed by atoms with Gasteiger partial charge in [0.25, 0.3) is 11.8 Å². The lowest BCUT2D eigenvalue weighted by Crippen LogP contribution is -2.49. The molecule has 0 aromatic heterocycles. The van der Waals surface area contributed by atoms with E-state index in [0.717, 1.165) is 12.8 Å². The van der Waals surface area contributed by atoms with Crippen LogP contribution in [0.25, 0.3) is 11.1 Å². The summed E-state index contributed by atoms with van der Waals surface area (Å²) < 4.78 is 40.5. The third kappa shape index (κ3) is 5.25. The molecule has 3 aromatic rings. The van der Waals surface area contributed by atoms with Crippen LogP contribution in [0, 0.1) is 17.5 Å². The number of rotatable bonds is 5. The Morgan fingerprint density at radius 2 is 1.48 bits per heavy atom. The van der Waals surface area contributed by atoms with Gasteiger partial charge in [0.2, 0.25) is 0 Å². The van der Waals surface area contributed by atoms with Gasteiger partial charge in [-0.2, -0.15) is 0 Å². The number of piperidine rings is 1.